The third kappa shape index (κ3) is 1.90. The van der Waals surface area contributed by atoms with Gasteiger partial charge in [0, 0.05) is 10.8 Å². The Morgan fingerprint density at radius 2 is 1.56 bits per heavy atom. The lowest BCUT2D eigenvalue weighted by Gasteiger charge is -2.29. The van der Waals surface area contributed by atoms with E-state index in [0.29, 0.717) is 0 Å². The third-order valence-electron chi connectivity index (χ3n) is 6.80. The van der Waals surface area contributed by atoms with Crippen molar-refractivity contribution in [2.75, 3.05) is 6.61 Å². The maximum Gasteiger partial charge on any atom is 0.136 e. The van der Waals surface area contributed by atoms with Crippen molar-refractivity contribution in [1.82, 2.24) is 0 Å². The molecule has 0 heterocycles. The first-order valence-electron chi connectivity index (χ1n) is 8.56. The summed E-state index contributed by atoms with van der Waals surface area (Å²) in [6, 6.07) is 9.28. The molecule has 1 aromatic carbocycles. The highest BCUT2D eigenvalue weighted by molar-refractivity contribution is 5.48. The molecule has 0 amide bonds. The Morgan fingerprint density at radius 3 is 2.00 bits per heavy atom. The Kier molecular flexibility index (Phi) is 3.94. The normalized spacial score (nSPS) is 42.0. The van der Waals surface area contributed by atoms with Crippen LogP contribution in [0.1, 0.15) is 33.3 Å². The molecule has 25 heavy (non-hydrogen) atoms. The molecular formula is C19H28O6. The lowest BCUT2D eigenvalue weighted by atomic mass is 9.93. The average molecular weight is 352 g/mol. The molecule has 0 aromatic heterocycles. The van der Waals surface area contributed by atoms with Crippen LogP contribution in [0.15, 0.2) is 30.3 Å². The van der Waals surface area contributed by atoms with Gasteiger partial charge in [-0.3, -0.25) is 0 Å². The van der Waals surface area contributed by atoms with Gasteiger partial charge in [0.15, 0.2) is 0 Å². The fraction of sp³-hybridized carbons (Fsp3) is 0.684. The Hall–Kier alpha value is -1.02. The van der Waals surface area contributed by atoms with E-state index in [9.17, 15) is 25.5 Å². The Morgan fingerprint density at radius 1 is 1.04 bits per heavy atom. The van der Waals surface area contributed by atoms with Crippen molar-refractivity contribution in [3.05, 3.63) is 35.9 Å². The SMILES string of the molecule is CC1(C)C(O)[C@@]1(O)[C@]1(O)C(C)(C)[C@@]1(O)[C@@H](CO)OCc1ccccc1. The van der Waals surface area contributed by atoms with Crippen LogP contribution in [0.2, 0.25) is 0 Å². The number of rotatable bonds is 6. The second-order valence-corrected chi connectivity index (χ2v) is 8.46. The first kappa shape index (κ1) is 18.8. The monoisotopic (exact) mass is 352 g/mol. The molecule has 2 saturated carbocycles. The molecule has 2 aliphatic rings. The van der Waals surface area contributed by atoms with Crippen LogP contribution in [0.5, 0.6) is 0 Å². The van der Waals surface area contributed by atoms with Crippen LogP contribution in [0, 0.1) is 10.8 Å². The number of ether oxygens (including phenoxy) is 1. The van der Waals surface area contributed by atoms with E-state index in [1.165, 1.54) is 0 Å². The molecule has 140 valence electrons. The van der Waals surface area contributed by atoms with Gasteiger partial charge in [-0.25, -0.2) is 0 Å². The fourth-order valence-corrected chi connectivity index (χ4v) is 4.72. The van der Waals surface area contributed by atoms with E-state index in [4.69, 9.17) is 4.74 Å². The van der Waals surface area contributed by atoms with Crippen molar-refractivity contribution in [3.63, 3.8) is 0 Å². The van der Waals surface area contributed by atoms with Gasteiger partial charge in [-0.2, -0.15) is 0 Å². The lowest BCUT2D eigenvalue weighted by molar-refractivity contribution is -0.157. The highest BCUT2D eigenvalue weighted by Gasteiger charge is 2.99. The molecule has 0 saturated heterocycles. The third-order valence-corrected chi connectivity index (χ3v) is 6.80. The standard InChI is InChI=1S/C19H28O6/c1-15(2)14(21)18(15,23)19(24)16(3,4)17(19,22)13(10-20)25-11-12-8-6-5-7-9-12/h5-9,13-14,20-24H,10-11H2,1-4H3/t13-,14?,17+,18+,19+/m1/s1. The van der Waals surface area contributed by atoms with Crippen LogP contribution in [-0.4, -0.2) is 61.2 Å². The molecule has 0 aliphatic heterocycles. The second-order valence-electron chi connectivity index (χ2n) is 8.46. The Bertz CT molecular complexity index is 659. The van der Waals surface area contributed by atoms with Crippen LogP contribution >= 0.6 is 0 Å². The van der Waals surface area contributed by atoms with Gasteiger partial charge in [-0.05, 0) is 5.56 Å². The molecule has 3 rings (SSSR count). The average Bonchev–Trinajstić information content (AvgIpc) is 3.16. The topological polar surface area (TPSA) is 110 Å². The van der Waals surface area contributed by atoms with Gasteiger partial charge in [-0.1, -0.05) is 58.0 Å². The van der Waals surface area contributed by atoms with Gasteiger partial charge in [0.05, 0.1) is 19.3 Å². The fourth-order valence-electron chi connectivity index (χ4n) is 4.72. The molecule has 5 atom stereocenters. The van der Waals surface area contributed by atoms with Gasteiger partial charge in [0.25, 0.3) is 0 Å². The molecular weight excluding hydrogens is 324 g/mol. The van der Waals surface area contributed by atoms with Crippen LogP contribution in [0.4, 0.5) is 0 Å². The number of benzene rings is 1. The molecule has 0 radical (unpaired) electrons. The molecule has 6 nitrogen and oxygen atoms in total. The summed E-state index contributed by atoms with van der Waals surface area (Å²) in [5.41, 5.74) is -7.05. The van der Waals surface area contributed by atoms with E-state index in [1.54, 1.807) is 27.7 Å². The minimum absolute atomic E-state index is 0.144. The molecule has 5 N–H and O–H groups in total. The molecule has 2 aliphatic carbocycles. The van der Waals surface area contributed by atoms with E-state index in [0.717, 1.165) is 5.56 Å². The molecule has 0 spiro atoms. The highest BCUT2D eigenvalue weighted by atomic mass is 16.5. The molecule has 1 unspecified atom stereocenters. The van der Waals surface area contributed by atoms with Crippen molar-refractivity contribution in [2.45, 2.75) is 63.3 Å². The summed E-state index contributed by atoms with van der Waals surface area (Å²) >= 11 is 0. The zero-order valence-electron chi connectivity index (χ0n) is 15.1. The molecule has 0 bridgehead atoms. The highest BCUT2D eigenvalue weighted by Crippen LogP contribution is 2.79. The number of hydrogen-bond acceptors (Lipinski definition) is 6. The largest absolute Gasteiger partial charge is 0.394 e. The van der Waals surface area contributed by atoms with E-state index >= 15 is 0 Å². The predicted molar refractivity (Wildman–Crippen MR) is 90.5 cm³/mol. The first-order chi connectivity index (χ1) is 11.4. The van der Waals surface area contributed by atoms with Crippen molar-refractivity contribution >= 4 is 0 Å². The summed E-state index contributed by atoms with van der Waals surface area (Å²) in [5.74, 6) is 0. The molecule has 6 heteroatoms. The predicted octanol–water partition coefficient (Wildman–Crippen LogP) is 0.198. The van der Waals surface area contributed by atoms with Gasteiger partial charge in [0.1, 0.15) is 22.9 Å². The van der Waals surface area contributed by atoms with Gasteiger partial charge in [-0.15, -0.1) is 0 Å². The van der Waals surface area contributed by atoms with Crippen LogP contribution < -0.4 is 0 Å². The van der Waals surface area contributed by atoms with Crippen LogP contribution in [-0.2, 0) is 11.3 Å². The van der Waals surface area contributed by atoms with Gasteiger partial charge < -0.3 is 30.3 Å². The van der Waals surface area contributed by atoms with E-state index in [2.05, 4.69) is 0 Å². The summed E-state index contributed by atoms with van der Waals surface area (Å²) in [6.45, 7) is 6.07. The quantitative estimate of drug-likeness (QED) is 0.500. The number of aliphatic hydroxyl groups is 5. The Labute approximate surface area is 147 Å². The van der Waals surface area contributed by atoms with Crippen molar-refractivity contribution in [3.8, 4) is 0 Å². The summed E-state index contributed by atoms with van der Waals surface area (Å²) < 4.78 is 5.71. The summed E-state index contributed by atoms with van der Waals surface area (Å²) in [4.78, 5) is 0. The maximum absolute atomic E-state index is 11.2. The zero-order chi connectivity index (χ0) is 18.9. The van der Waals surface area contributed by atoms with E-state index < -0.39 is 46.4 Å². The lowest BCUT2D eigenvalue weighted by Crippen LogP contribution is -2.50. The smallest absolute Gasteiger partial charge is 0.136 e. The molecule has 2 fully saturated rings. The van der Waals surface area contributed by atoms with Gasteiger partial charge in [0.2, 0.25) is 0 Å². The van der Waals surface area contributed by atoms with Crippen molar-refractivity contribution in [2.24, 2.45) is 10.8 Å². The summed E-state index contributed by atoms with van der Waals surface area (Å²) in [5, 5.41) is 53.4. The number of hydrogen-bond donors (Lipinski definition) is 5. The van der Waals surface area contributed by atoms with Crippen LogP contribution in [0.3, 0.4) is 0 Å². The van der Waals surface area contributed by atoms with E-state index in [-0.39, 0.29) is 6.61 Å². The van der Waals surface area contributed by atoms with Crippen LogP contribution in [0.25, 0.3) is 0 Å². The summed E-state index contributed by atoms with van der Waals surface area (Å²) in [6.07, 6.45) is -2.29. The Balaban J connectivity index is 1.87. The van der Waals surface area contributed by atoms with Crippen molar-refractivity contribution < 1.29 is 30.3 Å². The second kappa shape index (κ2) is 5.25. The van der Waals surface area contributed by atoms with Crippen molar-refractivity contribution in [1.29, 1.82) is 0 Å². The number of aliphatic hydroxyl groups excluding tert-OH is 2. The summed E-state index contributed by atoms with van der Waals surface area (Å²) in [7, 11) is 0. The van der Waals surface area contributed by atoms with E-state index in [1.807, 2.05) is 30.3 Å². The van der Waals surface area contributed by atoms with Gasteiger partial charge >= 0.3 is 0 Å². The minimum atomic E-state index is -2.00. The first-order valence-corrected chi connectivity index (χ1v) is 8.56. The zero-order valence-corrected chi connectivity index (χ0v) is 15.1. The molecule has 1 aromatic rings. The maximum atomic E-state index is 11.2. The minimum Gasteiger partial charge on any atom is -0.394 e.